The Hall–Kier alpha value is -2.00. The number of benzene rings is 1. The summed E-state index contributed by atoms with van der Waals surface area (Å²) in [5, 5.41) is 0. The third kappa shape index (κ3) is 4.16. The van der Waals surface area contributed by atoms with Crippen LogP contribution < -0.4 is 0 Å². The lowest BCUT2D eigenvalue weighted by Crippen LogP contribution is -2.51. The van der Waals surface area contributed by atoms with Gasteiger partial charge in [-0.3, -0.25) is 9.59 Å². The first-order valence-electron chi connectivity index (χ1n) is 8.08. The molecule has 0 N–H and O–H groups in total. The number of carbonyl (C=O) groups excluding carboxylic acids is 2. The molecule has 136 valence electrons. The molecule has 0 aromatic heterocycles. The van der Waals surface area contributed by atoms with E-state index in [-0.39, 0.29) is 55.5 Å². The average Bonchev–Trinajstić information content (AvgIpc) is 3.45. The number of carbonyl (C=O) groups is 2. The van der Waals surface area contributed by atoms with Crippen LogP contribution in [0, 0.1) is 11.7 Å². The van der Waals surface area contributed by atoms with Gasteiger partial charge in [-0.15, -0.1) is 0 Å². The Morgan fingerprint density at radius 1 is 1.08 bits per heavy atom. The van der Waals surface area contributed by atoms with Crippen LogP contribution in [0.5, 0.6) is 0 Å². The summed E-state index contributed by atoms with van der Waals surface area (Å²) in [6.07, 6.45) is 1.62. The topological polar surface area (TPSA) is 84.0 Å². The molecule has 7 nitrogen and oxygen atoms in total. The molecule has 0 bridgehead atoms. The van der Waals surface area contributed by atoms with Gasteiger partial charge in [-0.1, -0.05) is 0 Å². The van der Waals surface area contributed by atoms with Crippen molar-refractivity contribution >= 4 is 21.9 Å². The van der Waals surface area contributed by atoms with Crippen LogP contribution in [-0.2, 0) is 24.3 Å². The zero-order chi connectivity index (χ0) is 18.0. The molecular formula is C16H19FN2O5S. The SMILES string of the molecule is O=C(OCC(=O)N1CCN(S(=O)(=O)c2ccc(F)cc2)CC1)C1CC1. The van der Waals surface area contributed by atoms with Crippen molar-refractivity contribution in [1.82, 2.24) is 9.21 Å². The standard InChI is InChI=1S/C16H19FN2O5S/c17-13-3-5-14(6-4-13)25(22,23)19-9-7-18(8-10-19)15(20)11-24-16(21)12-1-2-12/h3-6,12H,1-2,7-11H2. The molecule has 0 unspecified atom stereocenters. The number of rotatable bonds is 5. The van der Waals surface area contributed by atoms with Crippen molar-refractivity contribution in [2.75, 3.05) is 32.8 Å². The van der Waals surface area contributed by atoms with E-state index in [0.717, 1.165) is 25.0 Å². The average molecular weight is 370 g/mol. The highest BCUT2D eigenvalue weighted by Crippen LogP contribution is 2.30. The van der Waals surface area contributed by atoms with Crippen molar-refractivity contribution in [3.8, 4) is 0 Å². The van der Waals surface area contributed by atoms with Crippen molar-refractivity contribution in [2.45, 2.75) is 17.7 Å². The van der Waals surface area contributed by atoms with E-state index in [0.29, 0.717) is 0 Å². The first-order valence-corrected chi connectivity index (χ1v) is 9.52. The Morgan fingerprint density at radius 3 is 2.24 bits per heavy atom. The zero-order valence-corrected chi connectivity index (χ0v) is 14.4. The minimum absolute atomic E-state index is 0.0204. The Balaban J connectivity index is 1.53. The molecule has 0 spiro atoms. The first kappa shape index (κ1) is 17.8. The van der Waals surface area contributed by atoms with E-state index in [1.807, 2.05) is 0 Å². The lowest BCUT2D eigenvalue weighted by molar-refractivity contribution is -0.153. The van der Waals surface area contributed by atoms with Crippen LogP contribution in [0.25, 0.3) is 0 Å². The second-order valence-electron chi connectivity index (χ2n) is 6.12. The number of hydrogen-bond acceptors (Lipinski definition) is 5. The molecule has 1 aliphatic heterocycles. The van der Waals surface area contributed by atoms with Gasteiger partial charge in [0.2, 0.25) is 10.0 Å². The minimum atomic E-state index is -3.71. The van der Waals surface area contributed by atoms with Gasteiger partial charge in [0.25, 0.3) is 5.91 Å². The number of sulfonamides is 1. The minimum Gasteiger partial charge on any atom is -0.455 e. The fourth-order valence-corrected chi connectivity index (χ4v) is 4.02. The van der Waals surface area contributed by atoms with Crippen molar-refractivity contribution in [2.24, 2.45) is 5.92 Å². The summed E-state index contributed by atoms with van der Waals surface area (Å²) < 4.78 is 44.2. The van der Waals surface area contributed by atoms with Crippen LogP contribution >= 0.6 is 0 Å². The van der Waals surface area contributed by atoms with Crippen LogP contribution in [0.2, 0.25) is 0 Å². The second kappa shape index (κ2) is 7.09. The van der Waals surface area contributed by atoms with E-state index < -0.39 is 15.8 Å². The number of piperazine rings is 1. The molecule has 1 aromatic rings. The van der Waals surface area contributed by atoms with E-state index in [1.165, 1.54) is 21.3 Å². The molecule has 1 aliphatic carbocycles. The summed E-state index contributed by atoms with van der Waals surface area (Å²) in [5.41, 5.74) is 0. The predicted molar refractivity (Wildman–Crippen MR) is 85.4 cm³/mol. The number of hydrogen-bond donors (Lipinski definition) is 0. The Morgan fingerprint density at radius 2 is 1.68 bits per heavy atom. The second-order valence-corrected chi connectivity index (χ2v) is 8.06. The maximum atomic E-state index is 13.0. The Kier molecular flexibility index (Phi) is 5.05. The van der Waals surface area contributed by atoms with E-state index in [2.05, 4.69) is 0 Å². The van der Waals surface area contributed by atoms with E-state index in [9.17, 15) is 22.4 Å². The summed E-state index contributed by atoms with van der Waals surface area (Å²) in [6, 6.07) is 4.64. The van der Waals surface area contributed by atoms with Gasteiger partial charge in [0.05, 0.1) is 10.8 Å². The normalized spacial score (nSPS) is 18.8. The molecule has 0 atom stereocenters. The number of esters is 1. The molecule has 9 heteroatoms. The summed E-state index contributed by atoms with van der Waals surface area (Å²) in [6.45, 7) is 0.421. The number of halogens is 1. The van der Waals surface area contributed by atoms with Gasteiger partial charge >= 0.3 is 5.97 Å². The van der Waals surface area contributed by atoms with Gasteiger partial charge < -0.3 is 9.64 Å². The highest BCUT2D eigenvalue weighted by molar-refractivity contribution is 7.89. The number of ether oxygens (including phenoxy) is 1. The molecule has 25 heavy (non-hydrogen) atoms. The maximum Gasteiger partial charge on any atom is 0.309 e. The van der Waals surface area contributed by atoms with Crippen LogP contribution in [0.1, 0.15) is 12.8 Å². The van der Waals surface area contributed by atoms with Crippen molar-refractivity contribution in [3.63, 3.8) is 0 Å². The third-order valence-corrected chi connectivity index (χ3v) is 6.20. The monoisotopic (exact) mass is 370 g/mol. The van der Waals surface area contributed by atoms with Crippen LogP contribution in [-0.4, -0.2) is 62.3 Å². The molecule has 2 aliphatic rings. The molecule has 3 rings (SSSR count). The van der Waals surface area contributed by atoms with Crippen LogP contribution in [0.3, 0.4) is 0 Å². The fourth-order valence-electron chi connectivity index (χ4n) is 2.59. The van der Waals surface area contributed by atoms with Gasteiger partial charge in [0.1, 0.15) is 5.82 Å². The fraction of sp³-hybridized carbons (Fsp3) is 0.500. The Bertz CT molecular complexity index is 753. The van der Waals surface area contributed by atoms with Gasteiger partial charge in [0.15, 0.2) is 6.61 Å². The van der Waals surface area contributed by atoms with E-state index >= 15 is 0 Å². The van der Waals surface area contributed by atoms with Crippen molar-refractivity contribution < 1.29 is 27.1 Å². The Labute approximate surface area is 145 Å². The van der Waals surface area contributed by atoms with Gasteiger partial charge in [0, 0.05) is 26.2 Å². The summed E-state index contributed by atoms with van der Waals surface area (Å²) in [7, 11) is -3.71. The van der Waals surface area contributed by atoms with Gasteiger partial charge in [-0.2, -0.15) is 4.31 Å². The van der Waals surface area contributed by atoms with E-state index in [4.69, 9.17) is 4.74 Å². The van der Waals surface area contributed by atoms with Crippen LogP contribution in [0.15, 0.2) is 29.2 Å². The molecule has 0 radical (unpaired) electrons. The lowest BCUT2D eigenvalue weighted by atomic mass is 10.3. The van der Waals surface area contributed by atoms with Gasteiger partial charge in [-0.05, 0) is 37.1 Å². The molecule has 2 fully saturated rings. The predicted octanol–water partition coefficient (Wildman–Crippen LogP) is 0.612. The quantitative estimate of drug-likeness (QED) is 0.709. The largest absolute Gasteiger partial charge is 0.455 e. The number of amides is 1. The maximum absolute atomic E-state index is 13.0. The van der Waals surface area contributed by atoms with Gasteiger partial charge in [-0.25, -0.2) is 12.8 Å². The summed E-state index contributed by atoms with van der Waals surface area (Å²) in [4.78, 5) is 25.0. The summed E-state index contributed by atoms with van der Waals surface area (Å²) >= 11 is 0. The smallest absolute Gasteiger partial charge is 0.309 e. The molecule has 1 heterocycles. The molecule has 1 saturated heterocycles. The molecule has 1 amide bonds. The molecular weight excluding hydrogens is 351 g/mol. The molecule has 1 saturated carbocycles. The third-order valence-electron chi connectivity index (χ3n) is 4.29. The number of nitrogens with zero attached hydrogens (tertiary/aromatic N) is 2. The highest BCUT2D eigenvalue weighted by Gasteiger charge is 2.33. The first-order chi connectivity index (χ1) is 11.9. The lowest BCUT2D eigenvalue weighted by Gasteiger charge is -2.33. The van der Waals surface area contributed by atoms with Crippen molar-refractivity contribution in [3.05, 3.63) is 30.1 Å². The summed E-state index contributed by atoms with van der Waals surface area (Å²) in [5.74, 6) is -1.24. The van der Waals surface area contributed by atoms with E-state index in [1.54, 1.807) is 0 Å². The van der Waals surface area contributed by atoms with Crippen molar-refractivity contribution in [1.29, 1.82) is 0 Å². The zero-order valence-electron chi connectivity index (χ0n) is 13.6. The van der Waals surface area contributed by atoms with Crippen LogP contribution in [0.4, 0.5) is 4.39 Å². The molecule has 1 aromatic carbocycles. The highest BCUT2D eigenvalue weighted by atomic mass is 32.2.